The van der Waals surface area contributed by atoms with Crippen LogP contribution in [-0.2, 0) is 4.74 Å². The van der Waals surface area contributed by atoms with E-state index < -0.39 is 5.97 Å². The molecule has 1 fully saturated rings. The lowest BCUT2D eigenvalue weighted by atomic mass is 10.1. The van der Waals surface area contributed by atoms with Crippen LogP contribution in [0.5, 0.6) is 0 Å². The van der Waals surface area contributed by atoms with Gasteiger partial charge in [-0.15, -0.1) is 0 Å². The van der Waals surface area contributed by atoms with Crippen molar-refractivity contribution in [2.24, 2.45) is 0 Å². The maximum Gasteiger partial charge on any atom is 0.344 e. The lowest BCUT2D eigenvalue weighted by Gasteiger charge is -2.29. The number of nitrogens with two attached hydrogens (primary N) is 1. The molecule has 1 aliphatic heterocycles. The summed E-state index contributed by atoms with van der Waals surface area (Å²) in [6.45, 7) is 5.37. The highest BCUT2D eigenvalue weighted by molar-refractivity contribution is 7.11. The Morgan fingerprint density at radius 2 is 2.20 bits per heavy atom. The molecule has 0 bridgehead atoms. The topological polar surface area (TPSA) is 80.5 Å². The molecule has 20 heavy (non-hydrogen) atoms. The smallest absolute Gasteiger partial charge is 0.344 e. The molecule has 7 heteroatoms. The number of hydrogen-bond donors (Lipinski definition) is 2. The molecule has 2 heterocycles. The largest absolute Gasteiger partial charge is 0.465 e. The molecule has 0 aliphatic carbocycles. The van der Waals surface area contributed by atoms with E-state index in [0.717, 1.165) is 19.6 Å². The molecule has 0 amide bonds. The zero-order valence-electron chi connectivity index (χ0n) is 12.0. The summed E-state index contributed by atoms with van der Waals surface area (Å²) in [4.78, 5) is 14.1. The van der Waals surface area contributed by atoms with Gasteiger partial charge in [-0.1, -0.05) is 6.42 Å². The van der Waals surface area contributed by atoms with E-state index in [1.165, 1.54) is 37.9 Å². The van der Waals surface area contributed by atoms with Crippen molar-refractivity contribution in [3.8, 4) is 0 Å². The number of ether oxygens (including phenoxy) is 1. The SMILES string of the molecule is COC(=O)c1c(N)nsc1NC(C)CN1CCCCC1. The molecule has 112 valence electrons. The third kappa shape index (κ3) is 3.61. The van der Waals surface area contributed by atoms with Crippen molar-refractivity contribution in [2.75, 3.05) is 37.8 Å². The summed E-state index contributed by atoms with van der Waals surface area (Å²) in [5.41, 5.74) is 6.08. The first-order chi connectivity index (χ1) is 9.61. The molecule has 1 atom stereocenters. The minimum atomic E-state index is -0.441. The number of hydrogen-bond acceptors (Lipinski definition) is 7. The molecule has 1 aromatic rings. The van der Waals surface area contributed by atoms with Crippen molar-refractivity contribution in [1.29, 1.82) is 0 Å². The van der Waals surface area contributed by atoms with Gasteiger partial charge in [-0.05, 0) is 44.4 Å². The Hall–Kier alpha value is -1.34. The molecule has 1 saturated heterocycles. The van der Waals surface area contributed by atoms with Crippen LogP contribution in [0, 0.1) is 0 Å². The summed E-state index contributed by atoms with van der Waals surface area (Å²) < 4.78 is 8.77. The highest BCUT2D eigenvalue weighted by Gasteiger charge is 2.22. The Morgan fingerprint density at radius 3 is 2.85 bits per heavy atom. The van der Waals surface area contributed by atoms with Gasteiger partial charge < -0.3 is 20.7 Å². The second-order valence-corrected chi connectivity index (χ2v) is 5.94. The molecular weight excluding hydrogens is 276 g/mol. The number of carbonyl (C=O) groups is 1. The number of anilines is 2. The van der Waals surface area contributed by atoms with Crippen molar-refractivity contribution in [2.45, 2.75) is 32.2 Å². The molecule has 1 unspecified atom stereocenters. The number of aromatic nitrogens is 1. The van der Waals surface area contributed by atoms with Gasteiger partial charge in [-0.3, -0.25) is 0 Å². The lowest BCUT2D eigenvalue weighted by Crippen LogP contribution is -2.38. The number of nitrogens with one attached hydrogen (secondary N) is 1. The van der Waals surface area contributed by atoms with Crippen LogP contribution < -0.4 is 11.1 Å². The fourth-order valence-corrected chi connectivity index (χ4v) is 3.31. The number of methoxy groups -OCH3 is 1. The number of rotatable bonds is 5. The van der Waals surface area contributed by atoms with E-state index in [-0.39, 0.29) is 11.9 Å². The second kappa shape index (κ2) is 6.90. The first kappa shape index (κ1) is 15.1. The van der Waals surface area contributed by atoms with E-state index in [0.29, 0.717) is 10.6 Å². The Kier molecular flexibility index (Phi) is 5.19. The highest BCUT2D eigenvalue weighted by Crippen LogP contribution is 2.28. The Bertz CT molecular complexity index is 457. The van der Waals surface area contributed by atoms with Crippen molar-refractivity contribution in [1.82, 2.24) is 9.27 Å². The van der Waals surface area contributed by atoms with E-state index in [9.17, 15) is 4.79 Å². The average Bonchev–Trinajstić information content (AvgIpc) is 2.80. The Morgan fingerprint density at radius 1 is 1.50 bits per heavy atom. The second-order valence-electron chi connectivity index (χ2n) is 5.17. The van der Waals surface area contributed by atoms with Gasteiger partial charge in [-0.25, -0.2) is 4.79 Å². The van der Waals surface area contributed by atoms with Gasteiger partial charge in [0.1, 0.15) is 10.6 Å². The minimum Gasteiger partial charge on any atom is -0.465 e. The van der Waals surface area contributed by atoms with E-state index in [4.69, 9.17) is 10.5 Å². The Labute approximate surface area is 123 Å². The van der Waals surface area contributed by atoms with Gasteiger partial charge >= 0.3 is 5.97 Å². The number of piperidine rings is 1. The maximum absolute atomic E-state index is 11.7. The van der Waals surface area contributed by atoms with E-state index in [1.807, 2.05) is 0 Å². The van der Waals surface area contributed by atoms with Gasteiger partial charge in [0.15, 0.2) is 5.82 Å². The average molecular weight is 298 g/mol. The fourth-order valence-electron chi connectivity index (χ4n) is 2.50. The third-order valence-corrected chi connectivity index (χ3v) is 4.26. The van der Waals surface area contributed by atoms with Crippen LogP contribution in [0.3, 0.4) is 0 Å². The molecule has 2 rings (SSSR count). The van der Waals surface area contributed by atoms with Gasteiger partial charge in [0, 0.05) is 12.6 Å². The van der Waals surface area contributed by atoms with Crippen molar-refractivity contribution in [3.63, 3.8) is 0 Å². The summed E-state index contributed by atoms with van der Waals surface area (Å²) in [6, 6.07) is 0.233. The minimum absolute atomic E-state index is 0.231. The molecule has 0 saturated carbocycles. The summed E-state index contributed by atoms with van der Waals surface area (Å²) in [5.74, 6) is -0.210. The quantitative estimate of drug-likeness (QED) is 0.807. The molecule has 0 radical (unpaired) electrons. The first-order valence-corrected chi connectivity index (χ1v) is 7.71. The lowest BCUT2D eigenvalue weighted by molar-refractivity contribution is 0.0603. The summed E-state index contributed by atoms with van der Waals surface area (Å²) in [7, 11) is 1.35. The van der Waals surface area contributed by atoms with E-state index in [2.05, 4.69) is 21.5 Å². The Balaban J connectivity index is 1.96. The van der Waals surface area contributed by atoms with Crippen molar-refractivity contribution in [3.05, 3.63) is 5.56 Å². The van der Waals surface area contributed by atoms with Gasteiger partial charge in [-0.2, -0.15) is 4.37 Å². The predicted molar refractivity (Wildman–Crippen MR) is 81.2 cm³/mol. The van der Waals surface area contributed by atoms with Crippen LogP contribution in [0.25, 0.3) is 0 Å². The molecule has 6 nitrogen and oxygen atoms in total. The van der Waals surface area contributed by atoms with Gasteiger partial charge in [0.2, 0.25) is 0 Å². The summed E-state index contributed by atoms with van der Waals surface area (Å²) in [6.07, 6.45) is 3.87. The molecule has 0 aromatic carbocycles. The van der Waals surface area contributed by atoms with Gasteiger partial charge in [0.05, 0.1) is 7.11 Å². The molecule has 1 aromatic heterocycles. The standard InChI is InChI=1S/C13H22N4O2S/c1-9(8-17-6-4-3-5-7-17)15-12-10(13(18)19-2)11(14)16-20-12/h9,15H,3-8H2,1-2H3,(H2,14,16). The van der Waals surface area contributed by atoms with Crippen LogP contribution >= 0.6 is 11.5 Å². The van der Waals surface area contributed by atoms with Crippen molar-refractivity contribution >= 4 is 28.3 Å². The van der Waals surface area contributed by atoms with Gasteiger partial charge in [0.25, 0.3) is 0 Å². The number of esters is 1. The van der Waals surface area contributed by atoms with E-state index in [1.54, 1.807) is 0 Å². The normalized spacial score (nSPS) is 17.7. The van der Waals surface area contributed by atoms with Crippen LogP contribution in [-0.4, -0.2) is 48.0 Å². The first-order valence-electron chi connectivity index (χ1n) is 6.94. The summed E-state index contributed by atoms with van der Waals surface area (Å²) >= 11 is 1.20. The third-order valence-electron chi connectivity index (χ3n) is 3.47. The van der Waals surface area contributed by atoms with Crippen LogP contribution in [0.2, 0.25) is 0 Å². The molecule has 1 aliphatic rings. The fraction of sp³-hybridized carbons (Fsp3) is 0.692. The highest BCUT2D eigenvalue weighted by atomic mass is 32.1. The maximum atomic E-state index is 11.7. The van der Waals surface area contributed by atoms with Crippen LogP contribution in [0.15, 0.2) is 0 Å². The number of nitrogens with zero attached hydrogens (tertiary/aromatic N) is 2. The van der Waals surface area contributed by atoms with Crippen molar-refractivity contribution < 1.29 is 9.53 Å². The zero-order chi connectivity index (χ0) is 14.5. The molecule has 3 N–H and O–H groups in total. The van der Waals surface area contributed by atoms with Crippen LogP contribution in [0.1, 0.15) is 36.5 Å². The molecule has 0 spiro atoms. The summed E-state index contributed by atoms with van der Waals surface area (Å²) in [5, 5.41) is 4.02. The number of carbonyl (C=O) groups excluding carboxylic acids is 1. The van der Waals surface area contributed by atoms with Crippen LogP contribution in [0.4, 0.5) is 10.8 Å². The van der Waals surface area contributed by atoms with E-state index >= 15 is 0 Å². The predicted octanol–water partition coefficient (Wildman–Crippen LogP) is 1.80. The molecular formula is C13H22N4O2S. The monoisotopic (exact) mass is 298 g/mol. The number of nitrogen functional groups attached to an aromatic ring is 1. The number of likely N-dealkylation sites (tertiary alicyclic amines) is 1. The zero-order valence-corrected chi connectivity index (χ0v) is 12.8.